The summed E-state index contributed by atoms with van der Waals surface area (Å²) in [6.07, 6.45) is 5.44. The van der Waals surface area contributed by atoms with Crippen LogP contribution in [0.1, 0.15) is 23.5 Å². The highest BCUT2D eigenvalue weighted by atomic mass is 35.5. The summed E-state index contributed by atoms with van der Waals surface area (Å²) in [7, 11) is 1.66. The van der Waals surface area contributed by atoms with E-state index in [1.54, 1.807) is 19.5 Å². The van der Waals surface area contributed by atoms with Crippen molar-refractivity contribution in [1.29, 1.82) is 0 Å². The van der Waals surface area contributed by atoms with E-state index in [-0.39, 0.29) is 12.1 Å². The number of ether oxygens (including phenoxy) is 1. The Morgan fingerprint density at radius 2 is 1.84 bits per heavy atom. The minimum Gasteiger partial charge on any atom is -0.497 e. The summed E-state index contributed by atoms with van der Waals surface area (Å²) >= 11 is 11.9. The van der Waals surface area contributed by atoms with Crippen molar-refractivity contribution in [2.75, 3.05) is 12.0 Å². The Balaban J connectivity index is 1.64. The predicted octanol–water partition coefficient (Wildman–Crippen LogP) is 5.11. The second-order valence-corrected chi connectivity index (χ2v) is 8.16. The highest BCUT2D eigenvalue weighted by Crippen LogP contribution is 2.42. The van der Waals surface area contributed by atoms with Gasteiger partial charge in [0.2, 0.25) is 0 Å². The van der Waals surface area contributed by atoms with Gasteiger partial charge in [-0.15, -0.1) is 0 Å². The van der Waals surface area contributed by atoms with Gasteiger partial charge in [-0.05, 0) is 72.9 Å². The molecule has 2 atom stereocenters. The molecule has 6 nitrogen and oxygen atoms in total. The van der Waals surface area contributed by atoms with Crippen molar-refractivity contribution < 1.29 is 4.74 Å². The van der Waals surface area contributed by atoms with Crippen LogP contribution in [0, 0.1) is 0 Å². The quantitative estimate of drug-likeness (QED) is 0.417. The smallest absolute Gasteiger partial charge is 0.174 e. The lowest BCUT2D eigenvalue weighted by molar-refractivity contribution is 0.415. The number of methoxy groups -OCH3 is 1. The Labute approximate surface area is 196 Å². The zero-order valence-electron chi connectivity index (χ0n) is 17.2. The Kier molecular flexibility index (Phi) is 5.51. The summed E-state index contributed by atoms with van der Waals surface area (Å²) in [6, 6.07) is 21.3. The second-order valence-electron chi connectivity index (χ2n) is 7.33. The van der Waals surface area contributed by atoms with Crippen LogP contribution in [0.4, 0.5) is 5.69 Å². The van der Waals surface area contributed by atoms with Gasteiger partial charge < -0.3 is 19.5 Å². The molecule has 1 aromatic carbocycles. The molecule has 4 heterocycles. The summed E-state index contributed by atoms with van der Waals surface area (Å²) in [4.78, 5) is 11.3. The maximum atomic E-state index is 6.06. The van der Waals surface area contributed by atoms with Gasteiger partial charge in [-0.1, -0.05) is 17.7 Å². The van der Waals surface area contributed by atoms with Crippen LogP contribution in [-0.4, -0.2) is 26.8 Å². The number of thiocarbonyl (C=S) groups is 1. The third kappa shape index (κ3) is 3.70. The first kappa shape index (κ1) is 20.5. The number of hydrogen-bond donors (Lipinski definition) is 1. The molecule has 160 valence electrons. The number of anilines is 1. The van der Waals surface area contributed by atoms with Crippen molar-refractivity contribution in [2.45, 2.75) is 12.1 Å². The van der Waals surface area contributed by atoms with Crippen LogP contribution < -0.4 is 15.0 Å². The van der Waals surface area contributed by atoms with Crippen LogP contribution in [-0.2, 0) is 0 Å². The standard InChI is InChI=1S/C24H20ClN5OS/c1-31-18-10-8-17(9-11-18)30-23(22(28-24(30)32)19-5-2-3-13-26-19)20-6-4-14-29(20)21-12-7-16(25)15-27-21/h2-15,22-23H,1H3,(H,28,32)/t22-,23-/m1/s1. The SMILES string of the molecule is COc1ccc(N2C(=S)N[C@H](c3ccccn3)[C@H]2c2cccn2-c2ccc(Cl)cn2)cc1. The number of rotatable bonds is 5. The molecule has 0 spiro atoms. The monoisotopic (exact) mass is 461 g/mol. The molecular formula is C24H20ClN5OS. The average Bonchev–Trinajstić information content (AvgIpc) is 3.44. The van der Waals surface area contributed by atoms with E-state index < -0.39 is 0 Å². The number of aromatic nitrogens is 3. The minimum atomic E-state index is -0.154. The molecule has 1 aliphatic rings. The van der Waals surface area contributed by atoms with Crippen molar-refractivity contribution >= 4 is 34.6 Å². The summed E-state index contributed by atoms with van der Waals surface area (Å²) in [5.41, 5.74) is 2.90. The van der Waals surface area contributed by atoms with Crippen LogP contribution in [0.3, 0.4) is 0 Å². The largest absolute Gasteiger partial charge is 0.497 e. The molecule has 5 rings (SSSR count). The Morgan fingerprint density at radius 1 is 1.00 bits per heavy atom. The van der Waals surface area contributed by atoms with Gasteiger partial charge in [0.05, 0.1) is 23.9 Å². The summed E-state index contributed by atoms with van der Waals surface area (Å²) in [6.45, 7) is 0. The summed E-state index contributed by atoms with van der Waals surface area (Å²) in [5, 5.41) is 4.71. The number of hydrogen-bond acceptors (Lipinski definition) is 4. The molecule has 8 heteroatoms. The highest BCUT2D eigenvalue weighted by molar-refractivity contribution is 7.80. The second kappa shape index (κ2) is 8.61. The van der Waals surface area contributed by atoms with E-state index in [1.165, 1.54) is 0 Å². The van der Waals surface area contributed by atoms with Crippen molar-refractivity contribution in [3.05, 3.63) is 102 Å². The maximum absolute atomic E-state index is 6.06. The van der Waals surface area contributed by atoms with Gasteiger partial charge in [0.1, 0.15) is 17.6 Å². The molecule has 0 unspecified atom stereocenters. The van der Waals surface area contributed by atoms with Crippen LogP contribution in [0.25, 0.3) is 5.82 Å². The molecule has 1 fully saturated rings. The van der Waals surface area contributed by atoms with Gasteiger partial charge in [0, 0.05) is 30.0 Å². The number of halogens is 1. The lowest BCUT2D eigenvalue weighted by atomic mass is 10.0. The molecule has 3 aromatic heterocycles. The van der Waals surface area contributed by atoms with Crippen LogP contribution in [0.5, 0.6) is 5.75 Å². The van der Waals surface area contributed by atoms with Crippen molar-refractivity contribution in [2.24, 2.45) is 0 Å². The third-order valence-corrected chi connectivity index (χ3v) is 6.03. The van der Waals surface area contributed by atoms with E-state index in [2.05, 4.69) is 30.8 Å². The fourth-order valence-electron chi connectivity index (χ4n) is 4.03. The normalized spacial score (nSPS) is 17.9. The van der Waals surface area contributed by atoms with E-state index in [9.17, 15) is 0 Å². The van der Waals surface area contributed by atoms with Crippen molar-refractivity contribution in [1.82, 2.24) is 19.9 Å². The van der Waals surface area contributed by atoms with Gasteiger partial charge in [-0.25, -0.2) is 4.98 Å². The van der Waals surface area contributed by atoms with Gasteiger partial charge in [0.15, 0.2) is 5.11 Å². The third-order valence-electron chi connectivity index (χ3n) is 5.49. The number of benzene rings is 1. The number of pyridine rings is 2. The first-order chi connectivity index (χ1) is 15.7. The first-order valence-corrected chi connectivity index (χ1v) is 10.9. The van der Waals surface area contributed by atoms with Crippen LogP contribution >= 0.6 is 23.8 Å². The molecule has 32 heavy (non-hydrogen) atoms. The Bertz CT molecular complexity index is 1230. The maximum Gasteiger partial charge on any atom is 0.174 e. The van der Waals surface area contributed by atoms with Gasteiger partial charge in [-0.3, -0.25) is 4.98 Å². The van der Waals surface area contributed by atoms with E-state index >= 15 is 0 Å². The molecule has 0 saturated carbocycles. The van der Waals surface area contributed by atoms with E-state index in [0.717, 1.165) is 28.6 Å². The Morgan fingerprint density at radius 3 is 2.53 bits per heavy atom. The summed E-state index contributed by atoms with van der Waals surface area (Å²) in [5.74, 6) is 1.57. The van der Waals surface area contributed by atoms with Crippen molar-refractivity contribution in [3.63, 3.8) is 0 Å². The van der Waals surface area contributed by atoms with E-state index in [1.807, 2.05) is 66.9 Å². The molecule has 1 aliphatic heterocycles. The zero-order valence-corrected chi connectivity index (χ0v) is 18.8. The summed E-state index contributed by atoms with van der Waals surface area (Å²) < 4.78 is 7.39. The molecule has 1 saturated heterocycles. The molecule has 1 N–H and O–H groups in total. The number of nitrogens with one attached hydrogen (secondary N) is 1. The van der Waals surface area contributed by atoms with Crippen molar-refractivity contribution in [3.8, 4) is 11.6 Å². The van der Waals surface area contributed by atoms with Gasteiger partial charge >= 0.3 is 0 Å². The van der Waals surface area contributed by atoms with E-state index in [4.69, 9.17) is 28.6 Å². The molecule has 0 amide bonds. The molecule has 4 aromatic rings. The zero-order chi connectivity index (χ0) is 22.1. The Hall–Kier alpha value is -3.42. The lowest BCUT2D eigenvalue weighted by Gasteiger charge is -2.29. The predicted molar refractivity (Wildman–Crippen MR) is 129 cm³/mol. The molecule has 0 radical (unpaired) electrons. The fourth-order valence-corrected chi connectivity index (χ4v) is 4.49. The first-order valence-electron chi connectivity index (χ1n) is 10.1. The molecule has 0 aliphatic carbocycles. The molecular weight excluding hydrogens is 442 g/mol. The highest BCUT2D eigenvalue weighted by Gasteiger charge is 2.42. The lowest BCUT2D eigenvalue weighted by Crippen LogP contribution is -2.30. The van der Waals surface area contributed by atoms with Crippen LogP contribution in [0.2, 0.25) is 5.02 Å². The van der Waals surface area contributed by atoms with E-state index in [0.29, 0.717) is 10.1 Å². The fraction of sp³-hybridized carbons (Fsp3) is 0.125. The number of nitrogens with zero attached hydrogens (tertiary/aromatic N) is 4. The van der Waals surface area contributed by atoms with Gasteiger partial charge in [0.25, 0.3) is 0 Å². The minimum absolute atomic E-state index is 0.147. The topological polar surface area (TPSA) is 55.2 Å². The molecule has 0 bridgehead atoms. The average molecular weight is 462 g/mol. The van der Waals surface area contributed by atoms with Gasteiger partial charge in [-0.2, -0.15) is 0 Å². The van der Waals surface area contributed by atoms with Crippen LogP contribution in [0.15, 0.2) is 85.3 Å².